The lowest BCUT2D eigenvalue weighted by Crippen LogP contribution is -2.40. The van der Waals surface area contributed by atoms with E-state index in [1.807, 2.05) is 59.5 Å². The Hall–Kier alpha value is -2.66. The zero-order valence-corrected chi connectivity index (χ0v) is 14.4. The zero-order chi connectivity index (χ0) is 17.5. The van der Waals surface area contributed by atoms with E-state index < -0.39 is 0 Å². The van der Waals surface area contributed by atoms with Crippen molar-refractivity contribution in [1.82, 2.24) is 9.88 Å². The molecule has 1 atom stereocenters. The van der Waals surface area contributed by atoms with E-state index in [0.29, 0.717) is 6.61 Å². The fourth-order valence-corrected chi connectivity index (χ4v) is 3.04. The van der Waals surface area contributed by atoms with E-state index in [9.17, 15) is 4.79 Å². The molecule has 1 aliphatic heterocycles. The van der Waals surface area contributed by atoms with Crippen molar-refractivity contribution in [2.24, 2.45) is 0 Å². The smallest absolute Gasteiger partial charge is 0.322 e. The van der Waals surface area contributed by atoms with Crippen molar-refractivity contribution in [3.8, 4) is 0 Å². The third-order valence-electron chi connectivity index (χ3n) is 4.27. The van der Waals surface area contributed by atoms with Crippen LogP contribution in [0.5, 0.6) is 0 Å². The van der Waals surface area contributed by atoms with E-state index in [0.717, 1.165) is 36.3 Å². The molecule has 1 aliphatic rings. The summed E-state index contributed by atoms with van der Waals surface area (Å²) in [4.78, 5) is 18.7. The third kappa shape index (κ3) is 4.67. The molecule has 5 nitrogen and oxygen atoms in total. The van der Waals surface area contributed by atoms with Crippen molar-refractivity contribution in [2.45, 2.75) is 18.9 Å². The number of amides is 2. The number of likely N-dealkylation sites (tertiary alicyclic amines) is 1. The first-order valence-corrected chi connectivity index (χ1v) is 8.52. The average molecular weight is 337 g/mol. The van der Waals surface area contributed by atoms with Crippen LogP contribution in [0.4, 0.5) is 10.5 Å². The highest BCUT2D eigenvalue weighted by atomic mass is 16.5. The van der Waals surface area contributed by atoms with E-state index in [1.54, 1.807) is 13.3 Å². The number of carbonyl (C=O) groups excluding carboxylic acids is 1. The Labute approximate surface area is 148 Å². The molecule has 3 rings (SSSR count). The highest BCUT2D eigenvalue weighted by molar-refractivity contribution is 5.90. The Bertz CT molecular complexity index is 731. The van der Waals surface area contributed by atoms with Crippen LogP contribution in [-0.4, -0.2) is 42.2 Å². The molecular formula is C20H23N3O2. The predicted octanol–water partition coefficient (Wildman–Crippen LogP) is 3.89. The van der Waals surface area contributed by atoms with Gasteiger partial charge in [0, 0.05) is 25.5 Å². The maximum Gasteiger partial charge on any atom is 0.322 e. The van der Waals surface area contributed by atoms with Gasteiger partial charge in [0.25, 0.3) is 0 Å². The Kier molecular flexibility index (Phi) is 5.80. The van der Waals surface area contributed by atoms with Gasteiger partial charge >= 0.3 is 6.03 Å². The molecular weight excluding hydrogens is 314 g/mol. The van der Waals surface area contributed by atoms with Crippen molar-refractivity contribution >= 4 is 23.9 Å². The van der Waals surface area contributed by atoms with Crippen molar-refractivity contribution in [1.29, 1.82) is 0 Å². The van der Waals surface area contributed by atoms with Gasteiger partial charge in [-0.3, -0.25) is 4.98 Å². The Morgan fingerprint density at radius 1 is 1.32 bits per heavy atom. The standard InChI is InChI=1S/C20H23N3O2/c1-25-15-19-9-5-13-23(19)20(24)22-18-8-4-6-16(14-18)10-11-17-7-2-3-12-21-17/h2-4,6-8,10-12,14,19H,5,9,13,15H2,1H3,(H,22,24)/t19-/m0/s1. The average Bonchev–Trinajstić information content (AvgIpc) is 3.10. The Balaban J connectivity index is 1.65. The second kappa shape index (κ2) is 8.44. The Morgan fingerprint density at radius 2 is 2.24 bits per heavy atom. The summed E-state index contributed by atoms with van der Waals surface area (Å²) in [5.74, 6) is 0. The van der Waals surface area contributed by atoms with Crippen LogP contribution in [0.15, 0.2) is 48.7 Å². The number of methoxy groups -OCH3 is 1. The molecule has 0 saturated carbocycles. The van der Waals surface area contributed by atoms with Crippen LogP contribution in [0.3, 0.4) is 0 Å². The normalized spacial score (nSPS) is 17.2. The van der Waals surface area contributed by atoms with Gasteiger partial charge in [0.1, 0.15) is 0 Å². The van der Waals surface area contributed by atoms with E-state index in [1.165, 1.54) is 0 Å². The van der Waals surface area contributed by atoms with E-state index in [2.05, 4.69) is 10.3 Å². The largest absolute Gasteiger partial charge is 0.383 e. The molecule has 0 spiro atoms. The number of nitrogens with one attached hydrogen (secondary N) is 1. The van der Waals surface area contributed by atoms with Crippen LogP contribution in [0.1, 0.15) is 24.1 Å². The fraction of sp³-hybridized carbons (Fsp3) is 0.300. The summed E-state index contributed by atoms with van der Waals surface area (Å²) in [6.07, 6.45) is 7.73. The van der Waals surface area contributed by atoms with Crippen LogP contribution in [0.2, 0.25) is 0 Å². The topological polar surface area (TPSA) is 54.5 Å². The minimum atomic E-state index is -0.0644. The lowest BCUT2D eigenvalue weighted by atomic mass is 10.1. The predicted molar refractivity (Wildman–Crippen MR) is 100 cm³/mol. The van der Waals surface area contributed by atoms with Gasteiger partial charge in [-0.25, -0.2) is 4.79 Å². The summed E-state index contributed by atoms with van der Waals surface area (Å²) in [5.41, 5.74) is 2.70. The summed E-state index contributed by atoms with van der Waals surface area (Å²) in [6.45, 7) is 1.36. The van der Waals surface area contributed by atoms with E-state index >= 15 is 0 Å². The first-order valence-electron chi connectivity index (χ1n) is 8.52. The van der Waals surface area contributed by atoms with Gasteiger partial charge in [-0.15, -0.1) is 0 Å². The van der Waals surface area contributed by atoms with Crippen LogP contribution >= 0.6 is 0 Å². The van der Waals surface area contributed by atoms with Crippen LogP contribution in [-0.2, 0) is 4.74 Å². The van der Waals surface area contributed by atoms with Crippen LogP contribution in [0, 0.1) is 0 Å². The van der Waals surface area contributed by atoms with Gasteiger partial charge in [0.2, 0.25) is 0 Å². The second-order valence-electron chi connectivity index (χ2n) is 6.09. The van der Waals surface area contributed by atoms with E-state index in [4.69, 9.17) is 4.74 Å². The van der Waals surface area contributed by atoms with Gasteiger partial charge < -0.3 is 15.0 Å². The minimum absolute atomic E-state index is 0.0644. The maximum absolute atomic E-state index is 12.5. The lowest BCUT2D eigenvalue weighted by Gasteiger charge is -2.24. The van der Waals surface area contributed by atoms with Crippen molar-refractivity contribution in [3.63, 3.8) is 0 Å². The molecule has 25 heavy (non-hydrogen) atoms. The number of anilines is 1. The molecule has 1 fully saturated rings. The SMILES string of the molecule is COC[C@@H]1CCCN1C(=O)Nc1cccc(C=Cc2ccccn2)c1. The Morgan fingerprint density at radius 3 is 3.04 bits per heavy atom. The molecule has 1 aromatic carbocycles. The molecule has 0 radical (unpaired) electrons. The number of rotatable bonds is 5. The number of aromatic nitrogens is 1. The highest BCUT2D eigenvalue weighted by Crippen LogP contribution is 2.20. The van der Waals surface area contributed by atoms with Gasteiger partial charge in [-0.05, 0) is 48.7 Å². The van der Waals surface area contributed by atoms with Crippen molar-refractivity contribution < 1.29 is 9.53 Å². The number of pyridine rings is 1. The van der Waals surface area contributed by atoms with Gasteiger partial charge in [0.15, 0.2) is 0 Å². The molecule has 2 heterocycles. The summed E-state index contributed by atoms with van der Waals surface area (Å²) >= 11 is 0. The molecule has 0 unspecified atom stereocenters. The molecule has 0 bridgehead atoms. The number of benzene rings is 1. The molecule has 5 heteroatoms. The summed E-state index contributed by atoms with van der Waals surface area (Å²) in [6, 6.07) is 13.7. The summed E-state index contributed by atoms with van der Waals surface area (Å²) < 4.78 is 5.21. The van der Waals surface area contributed by atoms with Crippen molar-refractivity contribution in [3.05, 3.63) is 59.9 Å². The number of ether oxygens (including phenoxy) is 1. The lowest BCUT2D eigenvalue weighted by molar-refractivity contribution is 0.128. The first kappa shape index (κ1) is 17.2. The third-order valence-corrected chi connectivity index (χ3v) is 4.27. The number of urea groups is 1. The quantitative estimate of drug-likeness (QED) is 0.900. The van der Waals surface area contributed by atoms with Crippen LogP contribution < -0.4 is 5.32 Å². The number of carbonyl (C=O) groups is 1. The number of hydrogen-bond acceptors (Lipinski definition) is 3. The maximum atomic E-state index is 12.5. The molecule has 1 aromatic heterocycles. The van der Waals surface area contributed by atoms with E-state index in [-0.39, 0.29) is 12.1 Å². The van der Waals surface area contributed by atoms with Crippen molar-refractivity contribution in [2.75, 3.05) is 25.6 Å². The molecule has 1 saturated heterocycles. The highest BCUT2D eigenvalue weighted by Gasteiger charge is 2.28. The zero-order valence-electron chi connectivity index (χ0n) is 14.4. The van der Waals surface area contributed by atoms with Gasteiger partial charge in [0.05, 0.1) is 18.3 Å². The van der Waals surface area contributed by atoms with Gasteiger partial charge in [-0.1, -0.05) is 24.3 Å². The van der Waals surface area contributed by atoms with Crippen LogP contribution in [0.25, 0.3) is 12.2 Å². The monoisotopic (exact) mass is 337 g/mol. The first-order chi connectivity index (χ1) is 12.3. The molecule has 1 N–H and O–H groups in total. The van der Waals surface area contributed by atoms with Gasteiger partial charge in [-0.2, -0.15) is 0 Å². The summed E-state index contributed by atoms with van der Waals surface area (Å²) in [5, 5.41) is 2.99. The molecule has 2 aromatic rings. The fourth-order valence-electron chi connectivity index (χ4n) is 3.04. The molecule has 130 valence electrons. The minimum Gasteiger partial charge on any atom is -0.383 e. The molecule has 0 aliphatic carbocycles. The molecule has 2 amide bonds. The summed E-state index contributed by atoms with van der Waals surface area (Å²) in [7, 11) is 1.67. The number of hydrogen-bond donors (Lipinski definition) is 1. The second-order valence-corrected chi connectivity index (χ2v) is 6.09. The number of nitrogens with zero attached hydrogens (tertiary/aromatic N) is 2.